The van der Waals surface area contributed by atoms with Crippen LogP contribution in [0, 0.1) is 0 Å². The predicted molar refractivity (Wildman–Crippen MR) is 104 cm³/mol. The topological polar surface area (TPSA) is 62.2 Å². The number of hydrogen-bond donors (Lipinski definition) is 1. The molecule has 0 aromatic heterocycles. The van der Waals surface area contributed by atoms with Crippen LogP contribution in [0.3, 0.4) is 0 Å². The molecule has 3 rings (SSSR count). The van der Waals surface area contributed by atoms with Crippen molar-refractivity contribution >= 4 is 5.97 Å². The monoisotopic (exact) mass is 370 g/mol. The summed E-state index contributed by atoms with van der Waals surface area (Å²) < 4.78 is 10.7. The van der Waals surface area contributed by atoms with Crippen LogP contribution >= 0.6 is 0 Å². The molecule has 0 saturated carbocycles. The standard InChI is InChI=1S/C21H26N2O4/c1-26-19-11-17(12-20(13-19)27-2)15-23-9-7-22(8-10-23)14-16-3-5-18(6-4-16)21(24)25/h3-6,11-13H,7-10,14-15H2,1-2H3,(H,24,25). The molecule has 1 saturated heterocycles. The van der Waals surface area contributed by atoms with Gasteiger partial charge in [0.25, 0.3) is 0 Å². The van der Waals surface area contributed by atoms with Crippen molar-refractivity contribution < 1.29 is 19.4 Å². The zero-order valence-electron chi connectivity index (χ0n) is 15.9. The second-order valence-corrected chi connectivity index (χ2v) is 6.78. The first kappa shape index (κ1) is 19.2. The maximum Gasteiger partial charge on any atom is 0.335 e. The Morgan fingerprint density at radius 1 is 0.852 bits per heavy atom. The molecule has 0 radical (unpaired) electrons. The fraction of sp³-hybridized carbons (Fsp3) is 0.381. The molecule has 27 heavy (non-hydrogen) atoms. The van der Waals surface area contributed by atoms with Crippen molar-refractivity contribution in [1.82, 2.24) is 9.80 Å². The summed E-state index contributed by atoms with van der Waals surface area (Å²) in [5.74, 6) is 0.741. The van der Waals surface area contributed by atoms with E-state index in [0.717, 1.165) is 56.3 Å². The van der Waals surface area contributed by atoms with Gasteiger partial charge in [-0.15, -0.1) is 0 Å². The van der Waals surface area contributed by atoms with E-state index in [9.17, 15) is 4.79 Å². The van der Waals surface area contributed by atoms with Crippen molar-refractivity contribution in [1.29, 1.82) is 0 Å². The van der Waals surface area contributed by atoms with Crippen LogP contribution in [0.5, 0.6) is 11.5 Å². The summed E-state index contributed by atoms with van der Waals surface area (Å²) in [6.45, 7) is 5.68. The van der Waals surface area contributed by atoms with Gasteiger partial charge in [-0.25, -0.2) is 4.79 Å². The van der Waals surface area contributed by atoms with Crippen molar-refractivity contribution in [3.05, 3.63) is 59.2 Å². The van der Waals surface area contributed by atoms with Gasteiger partial charge in [0.05, 0.1) is 19.8 Å². The van der Waals surface area contributed by atoms with Gasteiger partial charge in [0.15, 0.2) is 0 Å². The molecule has 1 fully saturated rings. The molecule has 144 valence electrons. The Kier molecular flexibility index (Phi) is 6.32. The second kappa shape index (κ2) is 8.88. The highest BCUT2D eigenvalue weighted by atomic mass is 16.5. The van der Waals surface area contributed by atoms with Crippen molar-refractivity contribution in [2.45, 2.75) is 13.1 Å². The van der Waals surface area contributed by atoms with Crippen LogP contribution < -0.4 is 9.47 Å². The number of nitrogens with zero attached hydrogens (tertiary/aromatic N) is 2. The van der Waals surface area contributed by atoms with Crippen molar-refractivity contribution in [2.24, 2.45) is 0 Å². The van der Waals surface area contributed by atoms with E-state index in [2.05, 4.69) is 21.9 Å². The minimum absolute atomic E-state index is 0.331. The average molecular weight is 370 g/mol. The van der Waals surface area contributed by atoms with Gasteiger partial charge in [-0.05, 0) is 35.4 Å². The van der Waals surface area contributed by atoms with Crippen LogP contribution in [0.2, 0.25) is 0 Å². The minimum Gasteiger partial charge on any atom is -0.497 e. The molecule has 1 aliphatic rings. The molecule has 0 bridgehead atoms. The van der Waals surface area contributed by atoms with E-state index >= 15 is 0 Å². The third-order valence-corrected chi connectivity index (χ3v) is 4.89. The summed E-state index contributed by atoms with van der Waals surface area (Å²) >= 11 is 0. The van der Waals surface area contributed by atoms with Gasteiger partial charge >= 0.3 is 5.97 Å². The van der Waals surface area contributed by atoms with E-state index in [1.54, 1.807) is 26.4 Å². The van der Waals surface area contributed by atoms with Crippen LogP contribution in [-0.2, 0) is 13.1 Å². The van der Waals surface area contributed by atoms with E-state index < -0.39 is 5.97 Å². The molecular formula is C21H26N2O4. The first-order valence-corrected chi connectivity index (χ1v) is 9.06. The normalized spacial score (nSPS) is 15.5. The van der Waals surface area contributed by atoms with Crippen molar-refractivity contribution in [2.75, 3.05) is 40.4 Å². The first-order chi connectivity index (χ1) is 13.1. The molecule has 0 amide bonds. The van der Waals surface area contributed by atoms with E-state index in [1.165, 1.54) is 5.56 Å². The number of ether oxygens (including phenoxy) is 2. The second-order valence-electron chi connectivity index (χ2n) is 6.78. The Labute approximate surface area is 159 Å². The molecule has 1 N–H and O–H groups in total. The van der Waals surface area contributed by atoms with Crippen molar-refractivity contribution in [3.8, 4) is 11.5 Å². The van der Waals surface area contributed by atoms with Crippen LogP contribution in [-0.4, -0.2) is 61.3 Å². The number of aromatic carboxylic acids is 1. The average Bonchev–Trinajstić information content (AvgIpc) is 2.69. The van der Waals surface area contributed by atoms with E-state index in [0.29, 0.717) is 5.56 Å². The Bertz CT molecular complexity index is 746. The Morgan fingerprint density at radius 3 is 1.78 bits per heavy atom. The Hall–Kier alpha value is -2.57. The highest BCUT2D eigenvalue weighted by Gasteiger charge is 2.18. The molecule has 1 aliphatic heterocycles. The fourth-order valence-electron chi connectivity index (χ4n) is 3.33. The van der Waals surface area contributed by atoms with E-state index in [-0.39, 0.29) is 0 Å². The number of carboxylic acids is 1. The number of carbonyl (C=O) groups is 1. The maximum absolute atomic E-state index is 10.9. The summed E-state index contributed by atoms with van der Waals surface area (Å²) in [5, 5.41) is 8.98. The Balaban J connectivity index is 1.52. The lowest BCUT2D eigenvalue weighted by Crippen LogP contribution is -2.45. The van der Waals surface area contributed by atoms with Crippen LogP contribution in [0.15, 0.2) is 42.5 Å². The minimum atomic E-state index is -0.885. The maximum atomic E-state index is 10.9. The number of rotatable bonds is 7. The summed E-state index contributed by atoms with van der Waals surface area (Å²) in [5.41, 5.74) is 2.66. The zero-order chi connectivity index (χ0) is 19.2. The van der Waals surface area contributed by atoms with Crippen molar-refractivity contribution in [3.63, 3.8) is 0 Å². The third-order valence-electron chi connectivity index (χ3n) is 4.89. The molecule has 2 aromatic carbocycles. The lowest BCUT2D eigenvalue weighted by molar-refractivity contribution is 0.0697. The highest BCUT2D eigenvalue weighted by molar-refractivity contribution is 5.87. The van der Waals surface area contributed by atoms with Crippen LogP contribution in [0.1, 0.15) is 21.5 Å². The van der Waals surface area contributed by atoms with Gasteiger partial charge in [0.2, 0.25) is 0 Å². The number of hydrogen-bond acceptors (Lipinski definition) is 5. The zero-order valence-corrected chi connectivity index (χ0v) is 15.9. The molecule has 1 heterocycles. The predicted octanol–water partition coefficient (Wildman–Crippen LogP) is 2.72. The largest absolute Gasteiger partial charge is 0.497 e. The third kappa shape index (κ3) is 5.21. The lowest BCUT2D eigenvalue weighted by Gasteiger charge is -2.34. The molecule has 0 aliphatic carbocycles. The number of carboxylic acid groups (broad SMARTS) is 1. The quantitative estimate of drug-likeness (QED) is 0.809. The summed E-state index contributed by atoms with van der Waals surface area (Å²) in [7, 11) is 3.33. The highest BCUT2D eigenvalue weighted by Crippen LogP contribution is 2.24. The van der Waals surface area contributed by atoms with Gasteiger partial charge in [-0.3, -0.25) is 9.80 Å². The fourth-order valence-corrected chi connectivity index (χ4v) is 3.33. The number of methoxy groups -OCH3 is 2. The number of benzene rings is 2. The number of piperazine rings is 1. The summed E-state index contributed by atoms with van der Waals surface area (Å²) in [6.07, 6.45) is 0. The smallest absolute Gasteiger partial charge is 0.335 e. The van der Waals surface area contributed by atoms with Gasteiger partial charge in [-0.2, -0.15) is 0 Å². The van der Waals surface area contributed by atoms with Crippen LogP contribution in [0.4, 0.5) is 0 Å². The van der Waals surface area contributed by atoms with Gasteiger partial charge in [0.1, 0.15) is 11.5 Å². The van der Waals surface area contributed by atoms with Crippen LogP contribution in [0.25, 0.3) is 0 Å². The summed E-state index contributed by atoms with van der Waals surface area (Å²) in [6, 6.07) is 13.1. The molecule has 0 atom stereocenters. The van der Waals surface area contributed by atoms with Gasteiger partial charge in [-0.1, -0.05) is 12.1 Å². The molecule has 6 heteroatoms. The van der Waals surface area contributed by atoms with Gasteiger partial charge < -0.3 is 14.6 Å². The first-order valence-electron chi connectivity index (χ1n) is 9.06. The molecule has 0 spiro atoms. The molecular weight excluding hydrogens is 344 g/mol. The molecule has 2 aromatic rings. The van der Waals surface area contributed by atoms with E-state index in [4.69, 9.17) is 14.6 Å². The Morgan fingerprint density at radius 2 is 1.33 bits per heavy atom. The lowest BCUT2D eigenvalue weighted by atomic mass is 10.1. The van der Waals surface area contributed by atoms with E-state index in [1.807, 2.05) is 18.2 Å². The van der Waals surface area contributed by atoms with Gasteiger partial charge in [0, 0.05) is 45.3 Å². The molecule has 0 unspecified atom stereocenters. The summed E-state index contributed by atoms with van der Waals surface area (Å²) in [4.78, 5) is 15.8. The SMILES string of the molecule is COc1cc(CN2CCN(Cc3ccc(C(=O)O)cc3)CC2)cc(OC)c1. The molecule has 6 nitrogen and oxygen atoms in total.